The Hall–Kier alpha value is -4.39. The van der Waals surface area contributed by atoms with Crippen LogP contribution in [0.2, 0.25) is 0 Å². The molecule has 0 fully saturated rings. The molecule has 2 aromatic heterocycles. The van der Waals surface area contributed by atoms with Crippen molar-refractivity contribution >= 4 is 15.7 Å². The second-order valence-electron chi connectivity index (χ2n) is 8.46. The Balaban J connectivity index is 1.77. The molecule has 198 valence electrons. The van der Waals surface area contributed by atoms with Crippen molar-refractivity contribution in [2.75, 3.05) is 6.26 Å². The van der Waals surface area contributed by atoms with E-state index in [1.807, 2.05) is 0 Å². The SMILES string of the molecule is Cc1c(-c2ncc(O)[nH]2)cc(C(=O)NCc2ccc(S(C)(=O)=O)cc2)c(=O)n1-c1cccc(C(F)(F)F)c1. The lowest BCUT2D eigenvalue weighted by Gasteiger charge is -2.17. The highest BCUT2D eigenvalue weighted by atomic mass is 32.2. The van der Waals surface area contributed by atoms with Crippen LogP contribution in [0.5, 0.6) is 5.88 Å². The Labute approximate surface area is 214 Å². The number of benzene rings is 2. The summed E-state index contributed by atoms with van der Waals surface area (Å²) in [5, 5.41) is 12.3. The van der Waals surface area contributed by atoms with Crippen molar-refractivity contribution in [1.82, 2.24) is 19.9 Å². The molecule has 13 heteroatoms. The molecule has 0 radical (unpaired) electrons. The highest BCUT2D eigenvalue weighted by Gasteiger charge is 2.31. The van der Waals surface area contributed by atoms with E-state index in [9.17, 15) is 36.3 Å². The number of carbonyl (C=O) groups is 1. The average Bonchev–Trinajstić information content (AvgIpc) is 3.28. The maximum absolute atomic E-state index is 13.4. The number of imidazole rings is 1. The molecular formula is C25H21F3N4O5S. The predicted molar refractivity (Wildman–Crippen MR) is 132 cm³/mol. The first kappa shape index (κ1) is 26.7. The van der Waals surface area contributed by atoms with Crippen LogP contribution in [0.4, 0.5) is 13.2 Å². The quantitative estimate of drug-likeness (QED) is 0.338. The number of pyridine rings is 1. The maximum Gasteiger partial charge on any atom is 0.416 e. The number of sulfone groups is 1. The minimum absolute atomic E-state index is 0.0589. The molecule has 0 unspecified atom stereocenters. The number of aromatic hydroxyl groups is 1. The smallest absolute Gasteiger partial charge is 0.416 e. The van der Waals surface area contributed by atoms with E-state index in [0.717, 1.165) is 35.2 Å². The second kappa shape index (κ2) is 9.82. The van der Waals surface area contributed by atoms with Gasteiger partial charge in [-0.15, -0.1) is 0 Å². The zero-order valence-electron chi connectivity index (χ0n) is 20.0. The van der Waals surface area contributed by atoms with Gasteiger partial charge in [-0.3, -0.25) is 14.2 Å². The van der Waals surface area contributed by atoms with Crippen molar-refractivity contribution in [1.29, 1.82) is 0 Å². The van der Waals surface area contributed by atoms with E-state index in [1.165, 1.54) is 43.3 Å². The van der Waals surface area contributed by atoms with Crippen LogP contribution >= 0.6 is 0 Å². The minimum Gasteiger partial charge on any atom is -0.493 e. The molecule has 0 saturated heterocycles. The summed E-state index contributed by atoms with van der Waals surface area (Å²) in [6, 6.07) is 11.1. The first-order valence-corrected chi connectivity index (χ1v) is 12.9. The zero-order chi connectivity index (χ0) is 27.8. The minimum atomic E-state index is -4.66. The van der Waals surface area contributed by atoms with E-state index in [0.29, 0.717) is 5.56 Å². The molecule has 0 bridgehead atoms. The van der Waals surface area contributed by atoms with E-state index in [1.54, 1.807) is 0 Å². The number of H-pyrrole nitrogens is 1. The van der Waals surface area contributed by atoms with Gasteiger partial charge in [0, 0.05) is 29.7 Å². The molecule has 38 heavy (non-hydrogen) atoms. The van der Waals surface area contributed by atoms with E-state index in [4.69, 9.17) is 0 Å². The third kappa shape index (κ3) is 5.47. The number of amides is 1. The Morgan fingerprint density at radius 2 is 1.82 bits per heavy atom. The van der Waals surface area contributed by atoms with Crippen LogP contribution in [0, 0.1) is 6.92 Å². The van der Waals surface area contributed by atoms with Gasteiger partial charge in [0.15, 0.2) is 9.84 Å². The number of aromatic amines is 1. The van der Waals surface area contributed by atoms with E-state index in [2.05, 4.69) is 15.3 Å². The Morgan fingerprint density at radius 3 is 2.39 bits per heavy atom. The van der Waals surface area contributed by atoms with Gasteiger partial charge in [-0.2, -0.15) is 13.2 Å². The number of nitrogens with one attached hydrogen (secondary N) is 2. The van der Waals surface area contributed by atoms with Gasteiger partial charge in [-0.1, -0.05) is 18.2 Å². The molecule has 4 rings (SSSR count). The lowest BCUT2D eigenvalue weighted by molar-refractivity contribution is -0.137. The summed E-state index contributed by atoms with van der Waals surface area (Å²) < 4.78 is 64.3. The summed E-state index contributed by atoms with van der Waals surface area (Å²) >= 11 is 0. The molecule has 0 atom stereocenters. The summed E-state index contributed by atoms with van der Waals surface area (Å²) in [6.45, 7) is 1.41. The number of carbonyl (C=O) groups excluding carboxylic acids is 1. The molecule has 9 nitrogen and oxygen atoms in total. The topological polar surface area (TPSA) is 134 Å². The second-order valence-corrected chi connectivity index (χ2v) is 10.5. The summed E-state index contributed by atoms with van der Waals surface area (Å²) in [4.78, 5) is 33.2. The van der Waals surface area contributed by atoms with Crippen LogP contribution in [0.3, 0.4) is 0 Å². The first-order chi connectivity index (χ1) is 17.8. The number of rotatable bonds is 6. The molecule has 0 spiro atoms. The molecule has 0 aliphatic carbocycles. The Bertz CT molecular complexity index is 1690. The molecule has 2 heterocycles. The van der Waals surface area contributed by atoms with Crippen LogP contribution < -0.4 is 10.9 Å². The monoisotopic (exact) mass is 546 g/mol. The summed E-state index contributed by atoms with van der Waals surface area (Å²) in [7, 11) is -3.41. The third-order valence-corrected chi connectivity index (χ3v) is 6.87. The van der Waals surface area contributed by atoms with E-state index < -0.39 is 33.0 Å². The van der Waals surface area contributed by atoms with Crippen molar-refractivity contribution in [2.45, 2.75) is 24.5 Å². The predicted octanol–water partition coefficient (Wildman–Crippen LogP) is 3.59. The number of alkyl halides is 3. The van der Waals surface area contributed by atoms with Crippen molar-refractivity contribution in [3.8, 4) is 23.0 Å². The fourth-order valence-corrected chi connectivity index (χ4v) is 4.45. The van der Waals surface area contributed by atoms with Crippen molar-refractivity contribution in [3.63, 3.8) is 0 Å². The molecule has 1 amide bonds. The van der Waals surface area contributed by atoms with Crippen LogP contribution in [0.15, 0.2) is 70.5 Å². The number of hydrogen-bond acceptors (Lipinski definition) is 6. The van der Waals surface area contributed by atoms with Gasteiger partial charge in [-0.05, 0) is 48.9 Å². The molecule has 0 aliphatic rings. The van der Waals surface area contributed by atoms with Crippen molar-refractivity contribution in [2.24, 2.45) is 0 Å². The normalized spacial score (nSPS) is 11.9. The number of halogens is 3. The van der Waals surface area contributed by atoms with Crippen molar-refractivity contribution in [3.05, 3.63) is 93.5 Å². The van der Waals surface area contributed by atoms with Gasteiger partial charge in [0.1, 0.15) is 11.4 Å². The zero-order valence-corrected chi connectivity index (χ0v) is 20.8. The van der Waals surface area contributed by atoms with Gasteiger partial charge in [0.2, 0.25) is 5.88 Å². The molecule has 3 N–H and O–H groups in total. The number of aromatic nitrogens is 3. The van der Waals surface area contributed by atoms with Crippen LogP contribution in [-0.2, 0) is 22.6 Å². The fraction of sp³-hybridized carbons (Fsp3) is 0.160. The lowest BCUT2D eigenvalue weighted by Crippen LogP contribution is -2.33. The summed E-state index contributed by atoms with van der Waals surface area (Å²) in [5.41, 5.74) is -1.43. The third-order valence-electron chi connectivity index (χ3n) is 5.75. The molecule has 4 aromatic rings. The van der Waals surface area contributed by atoms with Gasteiger partial charge in [0.05, 0.1) is 16.7 Å². The molecule has 0 aliphatic heterocycles. The van der Waals surface area contributed by atoms with E-state index >= 15 is 0 Å². The number of hydrogen-bond donors (Lipinski definition) is 3. The highest BCUT2D eigenvalue weighted by molar-refractivity contribution is 7.90. The maximum atomic E-state index is 13.4. The summed E-state index contributed by atoms with van der Waals surface area (Å²) in [5.74, 6) is -1.02. The Morgan fingerprint density at radius 1 is 1.13 bits per heavy atom. The fourth-order valence-electron chi connectivity index (χ4n) is 3.82. The first-order valence-electron chi connectivity index (χ1n) is 11.0. The molecular weight excluding hydrogens is 525 g/mol. The van der Waals surface area contributed by atoms with E-state index in [-0.39, 0.29) is 45.7 Å². The number of nitrogens with zero attached hydrogens (tertiary/aromatic N) is 2. The van der Waals surface area contributed by atoms with Gasteiger partial charge in [-0.25, -0.2) is 13.4 Å². The highest BCUT2D eigenvalue weighted by Crippen LogP contribution is 2.31. The largest absolute Gasteiger partial charge is 0.493 e. The van der Waals surface area contributed by atoms with Crippen molar-refractivity contribution < 1.29 is 31.5 Å². The van der Waals surface area contributed by atoms with Crippen LogP contribution in [-0.4, -0.2) is 40.2 Å². The Kier molecular flexibility index (Phi) is 6.89. The van der Waals surface area contributed by atoms with Gasteiger partial charge >= 0.3 is 6.18 Å². The van der Waals surface area contributed by atoms with Gasteiger partial charge < -0.3 is 15.4 Å². The lowest BCUT2D eigenvalue weighted by atomic mass is 10.1. The average molecular weight is 547 g/mol. The standard InChI is InChI=1S/C25H21F3N4O5S/c1-14-19(22-29-13-21(33)31-22)11-20(23(34)30-12-15-6-8-18(9-7-15)38(2,36)37)24(35)32(14)17-5-3-4-16(10-17)25(26,27)28/h3-11,13,33H,12H2,1-2H3,(H,29,31)(H,30,34). The van der Waals surface area contributed by atoms with Gasteiger partial charge in [0.25, 0.3) is 11.5 Å². The molecule has 2 aromatic carbocycles. The van der Waals surface area contributed by atoms with Crippen LogP contribution in [0.1, 0.15) is 27.2 Å². The molecule has 0 saturated carbocycles. The summed E-state index contributed by atoms with van der Waals surface area (Å²) in [6.07, 6.45) is -2.49. The van der Waals surface area contributed by atoms with Crippen LogP contribution in [0.25, 0.3) is 17.1 Å².